The summed E-state index contributed by atoms with van der Waals surface area (Å²) in [6.07, 6.45) is 0. The Morgan fingerprint density at radius 1 is 1.50 bits per heavy atom. The quantitative estimate of drug-likeness (QED) is 0.610. The summed E-state index contributed by atoms with van der Waals surface area (Å²) < 4.78 is 0. The Hall–Kier alpha value is -0.400. The summed E-state index contributed by atoms with van der Waals surface area (Å²) in [6, 6.07) is 0. The Kier molecular flexibility index (Phi) is 2.20. The van der Waals surface area contributed by atoms with Gasteiger partial charge in [0, 0.05) is 14.1 Å². The van der Waals surface area contributed by atoms with Gasteiger partial charge >= 0.3 is 0 Å². The van der Waals surface area contributed by atoms with Gasteiger partial charge in [-0.1, -0.05) is 21.6 Å². The van der Waals surface area contributed by atoms with E-state index in [9.17, 15) is 14.7 Å². The minimum Gasteiger partial charge on any atom is -0.392 e. The minimum atomic E-state index is -1.11. The lowest BCUT2D eigenvalue weighted by atomic mass is 10.1. The Balaban J connectivity index is 2.46. The zero-order chi connectivity index (χ0) is 10.5. The van der Waals surface area contributed by atoms with Crippen molar-refractivity contribution in [2.45, 2.75) is 10.2 Å². The molecule has 0 aliphatic carbocycles. The molecule has 0 aromatic rings. The number of aliphatic hydroxyl groups is 1. The summed E-state index contributed by atoms with van der Waals surface area (Å²) in [5, 5.41) is 8.83. The molecule has 14 heavy (non-hydrogen) atoms. The molecular formula is C7H10N2O3S2. The van der Waals surface area contributed by atoms with Gasteiger partial charge in [-0.3, -0.25) is 9.59 Å². The van der Waals surface area contributed by atoms with Gasteiger partial charge in [0.25, 0.3) is 11.8 Å². The Morgan fingerprint density at radius 3 is 2.71 bits per heavy atom. The van der Waals surface area contributed by atoms with Crippen LogP contribution in [0.3, 0.4) is 0 Å². The van der Waals surface area contributed by atoms with E-state index < -0.39 is 10.2 Å². The first-order chi connectivity index (χ1) is 6.54. The average molecular weight is 234 g/mol. The molecule has 2 bridgehead atoms. The molecule has 0 spiro atoms. The third kappa shape index (κ3) is 0.973. The van der Waals surface area contributed by atoms with Crippen LogP contribution in [0.2, 0.25) is 0 Å². The topological polar surface area (TPSA) is 60.9 Å². The number of amides is 2. The Labute approximate surface area is 89.2 Å². The van der Waals surface area contributed by atoms with Crippen LogP contribution < -0.4 is 0 Å². The number of aliphatic hydroxyl groups excluding tert-OH is 1. The molecular weight excluding hydrogens is 224 g/mol. The first-order valence-corrected chi connectivity index (χ1v) is 6.26. The molecule has 3 fully saturated rings. The Morgan fingerprint density at radius 2 is 2.14 bits per heavy atom. The van der Waals surface area contributed by atoms with Crippen LogP contribution >= 0.6 is 21.6 Å². The summed E-state index contributed by atoms with van der Waals surface area (Å²) in [7, 11) is 5.75. The van der Waals surface area contributed by atoms with Gasteiger partial charge in [-0.2, -0.15) is 0 Å². The van der Waals surface area contributed by atoms with Gasteiger partial charge in [0.1, 0.15) is 0 Å². The van der Waals surface area contributed by atoms with E-state index in [1.165, 1.54) is 31.4 Å². The molecule has 3 aliphatic rings. The van der Waals surface area contributed by atoms with Crippen LogP contribution in [0.5, 0.6) is 0 Å². The van der Waals surface area contributed by atoms with Crippen LogP contribution in [0.15, 0.2) is 0 Å². The third-order valence-electron chi connectivity index (χ3n) is 2.58. The lowest BCUT2D eigenvalue weighted by Crippen LogP contribution is -2.71. The summed E-state index contributed by atoms with van der Waals surface area (Å²) in [5.41, 5.74) is 0. The van der Waals surface area contributed by atoms with Crippen LogP contribution in [0, 0.1) is 0 Å². The van der Waals surface area contributed by atoms with E-state index >= 15 is 0 Å². The molecule has 78 valence electrons. The maximum Gasteiger partial charge on any atom is 0.263 e. The lowest BCUT2D eigenvalue weighted by molar-refractivity contribution is -0.159. The fourth-order valence-electron chi connectivity index (χ4n) is 1.56. The number of carbonyl (C=O) groups is 2. The van der Waals surface area contributed by atoms with Crippen LogP contribution in [-0.2, 0) is 9.59 Å². The summed E-state index contributed by atoms with van der Waals surface area (Å²) in [6.45, 7) is -0.344. The van der Waals surface area contributed by atoms with E-state index in [4.69, 9.17) is 0 Å². The van der Waals surface area contributed by atoms with Gasteiger partial charge in [0.05, 0.1) is 6.61 Å². The van der Waals surface area contributed by atoms with E-state index in [0.717, 1.165) is 0 Å². The van der Waals surface area contributed by atoms with Crippen LogP contribution in [0.1, 0.15) is 0 Å². The monoisotopic (exact) mass is 234 g/mol. The second kappa shape index (κ2) is 3.04. The van der Waals surface area contributed by atoms with Crippen molar-refractivity contribution in [1.29, 1.82) is 0 Å². The molecule has 0 radical (unpaired) electrons. The number of rotatable bonds is 1. The van der Waals surface area contributed by atoms with E-state index in [-0.39, 0.29) is 18.4 Å². The summed E-state index contributed by atoms with van der Waals surface area (Å²) in [5.74, 6) is -0.319. The zero-order valence-corrected chi connectivity index (χ0v) is 9.39. The van der Waals surface area contributed by atoms with Gasteiger partial charge in [-0.25, -0.2) is 0 Å². The van der Waals surface area contributed by atoms with E-state index in [1.54, 1.807) is 14.1 Å². The standard InChI is InChI=1S/C7H10N2O3S2/c1-8-5-4(11)9(2)7(3-10,6(8)12)14-13-5/h5,10H,3H2,1-2H3. The van der Waals surface area contributed by atoms with Crippen LogP contribution in [0.25, 0.3) is 0 Å². The highest BCUT2D eigenvalue weighted by Gasteiger charge is 2.59. The molecule has 7 heteroatoms. The predicted octanol–water partition coefficient (Wildman–Crippen LogP) is -0.674. The second-order valence-corrected chi connectivity index (χ2v) is 5.85. The molecule has 3 rings (SSSR count). The van der Waals surface area contributed by atoms with E-state index in [0.29, 0.717) is 0 Å². The van der Waals surface area contributed by atoms with Gasteiger partial charge in [-0.05, 0) is 0 Å². The molecule has 2 atom stereocenters. The highest BCUT2D eigenvalue weighted by molar-refractivity contribution is 8.78. The molecule has 3 aliphatic heterocycles. The molecule has 3 saturated heterocycles. The summed E-state index contributed by atoms with van der Waals surface area (Å²) >= 11 is 0. The second-order valence-electron chi connectivity index (χ2n) is 3.29. The number of hydrogen-bond acceptors (Lipinski definition) is 5. The number of piperazine rings is 1. The van der Waals surface area contributed by atoms with Gasteiger partial charge in [-0.15, -0.1) is 0 Å². The third-order valence-corrected chi connectivity index (χ3v) is 5.89. The maximum atomic E-state index is 11.8. The maximum absolute atomic E-state index is 11.8. The number of carbonyl (C=O) groups excluding carboxylic acids is 2. The van der Waals surface area contributed by atoms with Crippen molar-refractivity contribution < 1.29 is 14.7 Å². The van der Waals surface area contributed by atoms with Crippen molar-refractivity contribution in [3.8, 4) is 0 Å². The van der Waals surface area contributed by atoms with Gasteiger partial charge < -0.3 is 14.9 Å². The zero-order valence-electron chi connectivity index (χ0n) is 7.76. The fraction of sp³-hybridized carbons (Fsp3) is 0.714. The van der Waals surface area contributed by atoms with Crippen molar-refractivity contribution in [2.75, 3.05) is 20.7 Å². The van der Waals surface area contributed by atoms with E-state index in [2.05, 4.69) is 0 Å². The minimum absolute atomic E-state index is 0.120. The first kappa shape index (κ1) is 10.1. The molecule has 2 amide bonds. The summed E-state index contributed by atoms with van der Waals surface area (Å²) in [4.78, 5) is 25.2. The smallest absolute Gasteiger partial charge is 0.263 e. The van der Waals surface area contributed by atoms with Crippen molar-refractivity contribution in [1.82, 2.24) is 9.80 Å². The van der Waals surface area contributed by atoms with E-state index in [1.807, 2.05) is 0 Å². The van der Waals surface area contributed by atoms with Crippen molar-refractivity contribution in [3.05, 3.63) is 0 Å². The van der Waals surface area contributed by atoms with Crippen molar-refractivity contribution in [2.24, 2.45) is 0 Å². The average Bonchev–Trinajstić information content (AvgIpc) is 2.19. The largest absolute Gasteiger partial charge is 0.392 e. The molecule has 1 N–H and O–H groups in total. The van der Waals surface area contributed by atoms with Gasteiger partial charge in [0.2, 0.25) is 4.87 Å². The first-order valence-electron chi connectivity index (χ1n) is 4.05. The Bertz CT molecular complexity index is 311. The fourth-order valence-corrected chi connectivity index (χ4v) is 4.84. The normalized spacial score (nSPS) is 36.9. The van der Waals surface area contributed by atoms with Crippen molar-refractivity contribution >= 4 is 33.4 Å². The lowest BCUT2D eigenvalue weighted by Gasteiger charge is -2.52. The molecule has 3 heterocycles. The predicted molar refractivity (Wildman–Crippen MR) is 54.3 cm³/mol. The van der Waals surface area contributed by atoms with Gasteiger partial charge in [0.15, 0.2) is 5.37 Å². The number of likely N-dealkylation sites (N-methyl/N-ethyl adjacent to an activating group) is 2. The molecule has 0 aromatic heterocycles. The molecule has 2 unspecified atom stereocenters. The highest BCUT2D eigenvalue weighted by atomic mass is 33.1. The molecule has 5 nitrogen and oxygen atoms in total. The van der Waals surface area contributed by atoms with Crippen LogP contribution in [0.4, 0.5) is 0 Å². The SMILES string of the molecule is CN1C(=O)C2(CO)SSC1C(=O)N2C. The highest BCUT2D eigenvalue weighted by Crippen LogP contribution is 2.52. The molecule has 0 saturated carbocycles. The number of nitrogens with zero attached hydrogens (tertiary/aromatic N) is 2. The van der Waals surface area contributed by atoms with Crippen molar-refractivity contribution in [3.63, 3.8) is 0 Å². The number of fused-ring (bicyclic) bond motifs is 3. The number of hydrogen-bond donors (Lipinski definition) is 1. The molecule has 0 aromatic carbocycles. The van der Waals surface area contributed by atoms with Crippen LogP contribution in [-0.4, -0.2) is 57.7 Å².